The molecule has 0 radical (unpaired) electrons. The molecule has 0 fully saturated rings. The maximum absolute atomic E-state index is 10.6. The lowest BCUT2D eigenvalue weighted by molar-refractivity contribution is 0.248. The second kappa shape index (κ2) is 3.09. The van der Waals surface area contributed by atoms with Gasteiger partial charge in [0.15, 0.2) is 0 Å². The van der Waals surface area contributed by atoms with Gasteiger partial charge in [0.1, 0.15) is 17.0 Å². The van der Waals surface area contributed by atoms with Crippen LogP contribution in [0.5, 0.6) is 0 Å². The van der Waals surface area contributed by atoms with Crippen LogP contribution in [0.15, 0.2) is 17.6 Å². The van der Waals surface area contributed by atoms with Gasteiger partial charge in [-0.1, -0.05) is 11.8 Å². The first-order chi connectivity index (χ1) is 6.27. The number of urea groups is 1. The molecule has 2 heterocycles. The number of rotatable bonds is 1. The summed E-state index contributed by atoms with van der Waals surface area (Å²) in [5.41, 5.74) is 8.24. The predicted octanol–water partition coefficient (Wildman–Crippen LogP) is -0.0705. The zero-order valence-corrected chi connectivity index (χ0v) is 7.41. The van der Waals surface area contributed by atoms with E-state index < -0.39 is 6.03 Å². The van der Waals surface area contributed by atoms with Crippen LogP contribution in [0.25, 0.3) is 0 Å². The Hall–Kier alpha value is -1.50. The minimum Gasteiger partial charge on any atom is -0.350 e. The largest absolute Gasteiger partial charge is 0.350 e. The molecule has 0 saturated heterocycles. The number of hydrazine groups is 1. The number of carbonyl (C=O) groups excluding carboxylic acids is 1. The van der Waals surface area contributed by atoms with E-state index in [1.165, 1.54) is 18.1 Å². The highest BCUT2D eigenvalue weighted by atomic mass is 32.2. The van der Waals surface area contributed by atoms with E-state index in [4.69, 9.17) is 5.73 Å². The van der Waals surface area contributed by atoms with E-state index in [0.29, 0.717) is 5.88 Å². The van der Waals surface area contributed by atoms with Crippen molar-refractivity contribution in [3.8, 4) is 0 Å². The molecule has 6 nitrogen and oxygen atoms in total. The van der Waals surface area contributed by atoms with Crippen LogP contribution in [0.4, 0.5) is 10.5 Å². The first-order valence-corrected chi connectivity index (χ1v) is 4.52. The number of nitrogens with zero attached hydrogens (tertiary/aromatic N) is 3. The number of primary amides is 1. The summed E-state index contributed by atoms with van der Waals surface area (Å²) in [6.45, 7) is 0. The van der Waals surface area contributed by atoms with Crippen LogP contribution < -0.4 is 16.2 Å². The van der Waals surface area contributed by atoms with Gasteiger partial charge in [0.05, 0.1) is 12.1 Å². The molecule has 0 aliphatic carbocycles. The van der Waals surface area contributed by atoms with Gasteiger partial charge in [0.25, 0.3) is 0 Å². The summed E-state index contributed by atoms with van der Waals surface area (Å²) in [4.78, 5) is 18.5. The second-order valence-electron chi connectivity index (χ2n) is 2.39. The number of fused-ring (bicyclic) bond motifs is 1. The average molecular weight is 197 g/mol. The van der Waals surface area contributed by atoms with Crippen molar-refractivity contribution in [2.45, 2.75) is 5.03 Å². The summed E-state index contributed by atoms with van der Waals surface area (Å²) >= 11 is 1.52. The maximum atomic E-state index is 10.6. The number of amides is 2. The fourth-order valence-electron chi connectivity index (χ4n) is 1.03. The summed E-state index contributed by atoms with van der Waals surface area (Å²) in [5, 5.41) is 2.46. The molecule has 0 bridgehead atoms. The highest BCUT2D eigenvalue weighted by molar-refractivity contribution is 7.99. The van der Waals surface area contributed by atoms with Crippen LogP contribution in [0.2, 0.25) is 0 Å². The van der Waals surface area contributed by atoms with Crippen LogP contribution >= 0.6 is 11.8 Å². The van der Waals surface area contributed by atoms with Crippen LogP contribution in [-0.4, -0.2) is 21.9 Å². The van der Waals surface area contributed by atoms with Crippen molar-refractivity contribution in [3.63, 3.8) is 0 Å². The lowest BCUT2D eigenvalue weighted by Gasteiger charge is -2.16. The first kappa shape index (κ1) is 8.11. The molecule has 2 amide bonds. The average Bonchev–Trinajstić information content (AvgIpc) is 2.48. The van der Waals surface area contributed by atoms with E-state index in [1.54, 1.807) is 11.2 Å². The Bertz CT molecular complexity index is 344. The summed E-state index contributed by atoms with van der Waals surface area (Å²) in [6, 6.07) is -0.586. The number of hydrogen-bond donors (Lipinski definition) is 2. The normalized spacial score (nSPS) is 14.0. The van der Waals surface area contributed by atoms with Crippen molar-refractivity contribution in [1.29, 1.82) is 0 Å². The van der Waals surface area contributed by atoms with Crippen molar-refractivity contribution in [3.05, 3.63) is 12.5 Å². The molecule has 1 aliphatic rings. The number of carbonyl (C=O) groups is 1. The number of aromatic nitrogens is 2. The van der Waals surface area contributed by atoms with Gasteiger partial charge in [-0.25, -0.2) is 20.2 Å². The molecule has 1 aromatic heterocycles. The third kappa shape index (κ3) is 1.50. The van der Waals surface area contributed by atoms with Crippen LogP contribution in [0, 0.1) is 0 Å². The van der Waals surface area contributed by atoms with Gasteiger partial charge in [-0.05, 0) is 0 Å². The van der Waals surface area contributed by atoms with Gasteiger partial charge in [0, 0.05) is 0 Å². The molecule has 13 heavy (non-hydrogen) atoms. The Morgan fingerprint density at radius 1 is 1.77 bits per heavy atom. The second-order valence-corrected chi connectivity index (χ2v) is 3.32. The van der Waals surface area contributed by atoms with Gasteiger partial charge in [-0.15, -0.1) is 0 Å². The molecule has 3 N–H and O–H groups in total. The van der Waals surface area contributed by atoms with Crippen molar-refractivity contribution >= 4 is 23.5 Å². The van der Waals surface area contributed by atoms with E-state index in [9.17, 15) is 4.79 Å². The van der Waals surface area contributed by atoms with Crippen LogP contribution in [-0.2, 0) is 0 Å². The van der Waals surface area contributed by atoms with Crippen molar-refractivity contribution < 1.29 is 4.79 Å². The number of thioether (sulfide) groups is 1. The monoisotopic (exact) mass is 197 g/mol. The quantitative estimate of drug-likeness (QED) is 0.615. The summed E-state index contributed by atoms with van der Waals surface area (Å²) < 4.78 is 0. The third-order valence-electron chi connectivity index (χ3n) is 1.52. The zero-order chi connectivity index (χ0) is 9.26. The van der Waals surface area contributed by atoms with Crippen molar-refractivity contribution in [1.82, 2.24) is 15.4 Å². The van der Waals surface area contributed by atoms with Gasteiger partial charge in [-0.3, -0.25) is 5.01 Å². The molecule has 0 atom stereocenters. The Labute approximate surface area is 78.5 Å². The SMILES string of the molecule is NC(=O)NN1CSc2ncncc21. The smallest absolute Gasteiger partial charge is 0.331 e. The fraction of sp³-hybridized carbons (Fsp3) is 0.167. The number of nitrogens with one attached hydrogen (secondary N) is 1. The van der Waals surface area contributed by atoms with Crippen molar-refractivity contribution in [2.24, 2.45) is 5.73 Å². The lowest BCUT2D eigenvalue weighted by Crippen LogP contribution is -2.43. The Morgan fingerprint density at radius 3 is 3.38 bits per heavy atom. The number of hydrogen-bond acceptors (Lipinski definition) is 5. The van der Waals surface area contributed by atoms with Gasteiger partial charge < -0.3 is 5.73 Å². The Morgan fingerprint density at radius 2 is 2.62 bits per heavy atom. The van der Waals surface area contributed by atoms with E-state index in [0.717, 1.165) is 10.7 Å². The minimum atomic E-state index is -0.586. The van der Waals surface area contributed by atoms with Crippen LogP contribution in [0.1, 0.15) is 0 Å². The fourth-order valence-corrected chi connectivity index (χ4v) is 1.92. The van der Waals surface area contributed by atoms with E-state index in [2.05, 4.69) is 15.4 Å². The van der Waals surface area contributed by atoms with E-state index in [1.807, 2.05) is 0 Å². The van der Waals surface area contributed by atoms with E-state index >= 15 is 0 Å². The molecular formula is C6H7N5OS. The van der Waals surface area contributed by atoms with Gasteiger partial charge in [0.2, 0.25) is 0 Å². The summed E-state index contributed by atoms with van der Waals surface area (Å²) in [6.07, 6.45) is 3.11. The molecule has 0 spiro atoms. The predicted molar refractivity (Wildman–Crippen MR) is 48.0 cm³/mol. The Kier molecular flexibility index (Phi) is 1.93. The highest BCUT2D eigenvalue weighted by Gasteiger charge is 2.21. The zero-order valence-electron chi connectivity index (χ0n) is 6.60. The first-order valence-electron chi connectivity index (χ1n) is 3.54. The maximum Gasteiger partial charge on any atom is 0.331 e. The summed E-state index contributed by atoms with van der Waals surface area (Å²) in [7, 11) is 0. The molecule has 0 aromatic carbocycles. The standard InChI is InChI=1S/C6H7N5OS/c7-6(12)10-11-3-13-5-4(11)1-8-2-9-5/h1-2H,3H2,(H3,7,10,12). The van der Waals surface area contributed by atoms with Gasteiger partial charge >= 0.3 is 6.03 Å². The molecule has 1 aromatic rings. The number of nitrogens with two attached hydrogens (primary N) is 1. The Balaban J connectivity index is 2.23. The molecule has 0 saturated carbocycles. The minimum absolute atomic E-state index is 0.586. The van der Waals surface area contributed by atoms with Crippen molar-refractivity contribution in [2.75, 3.05) is 10.9 Å². The van der Waals surface area contributed by atoms with E-state index in [-0.39, 0.29) is 0 Å². The molecule has 1 aliphatic heterocycles. The third-order valence-corrected chi connectivity index (χ3v) is 2.50. The van der Waals surface area contributed by atoms with Crippen LogP contribution in [0.3, 0.4) is 0 Å². The van der Waals surface area contributed by atoms with Gasteiger partial charge in [-0.2, -0.15) is 0 Å². The topological polar surface area (TPSA) is 84.1 Å². The molecule has 7 heteroatoms. The molecule has 2 rings (SSSR count). The number of anilines is 1. The highest BCUT2D eigenvalue weighted by Crippen LogP contribution is 2.33. The lowest BCUT2D eigenvalue weighted by atomic mass is 10.5. The molecule has 68 valence electrons. The summed E-state index contributed by atoms with van der Waals surface area (Å²) in [5.74, 6) is 0.608. The molecular weight excluding hydrogens is 190 g/mol. The molecule has 0 unspecified atom stereocenters.